The number of carbonyl (C=O) groups is 1. The standard InChI is InChI=1S/C11H15NO5/c1-16-8-4-6(3-7(12)11(14)15)5-9(17-2)10(8)13/h4-5,7,13H,3,12H2,1-2H3,(H,14,15)/t7-/m0/s1. The summed E-state index contributed by atoms with van der Waals surface area (Å²) in [6.07, 6.45) is 0.127. The summed E-state index contributed by atoms with van der Waals surface area (Å²) in [7, 11) is 2.80. The number of rotatable bonds is 5. The fourth-order valence-electron chi connectivity index (χ4n) is 1.41. The third-order valence-electron chi connectivity index (χ3n) is 2.31. The number of ether oxygens (including phenoxy) is 2. The van der Waals surface area contributed by atoms with Crippen molar-refractivity contribution in [3.8, 4) is 17.2 Å². The van der Waals surface area contributed by atoms with Gasteiger partial charge in [-0.3, -0.25) is 4.79 Å². The lowest BCUT2D eigenvalue weighted by Crippen LogP contribution is -2.32. The molecule has 0 amide bonds. The van der Waals surface area contributed by atoms with Crippen molar-refractivity contribution in [3.63, 3.8) is 0 Å². The summed E-state index contributed by atoms with van der Waals surface area (Å²) < 4.78 is 9.90. The minimum Gasteiger partial charge on any atom is -0.502 e. The van der Waals surface area contributed by atoms with Crippen LogP contribution in [-0.4, -0.2) is 36.4 Å². The SMILES string of the molecule is COc1cc(C[C@H](N)C(=O)O)cc(OC)c1O. The van der Waals surface area contributed by atoms with E-state index in [2.05, 4.69) is 0 Å². The molecule has 0 spiro atoms. The summed E-state index contributed by atoms with van der Waals surface area (Å²) in [4.78, 5) is 10.6. The van der Waals surface area contributed by atoms with Crippen molar-refractivity contribution in [2.24, 2.45) is 5.73 Å². The Morgan fingerprint density at radius 3 is 2.18 bits per heavy atom. The summed E-state index contributed by atoms with van der Waals surface area (Å²) in [5.41, 5.74) is 6.04. The molecule has 17 heavy (non-hydrogen) atoms. The minimum absolute atomic E-state index is 0.123. The maximum atomic E-state index is 10.6. The first kappa shape index (κ1) is 13.1. The fourth-order valence-corrected chi connectivity index (χ4v) is 1.41. The van der Waals surface area contributed by atoms with Gasteiger partial charge < -0.3 is 25.4 Å². The van der Waals surface area contributed by atoms with Crippen LogP contribution in [0.2, 0.25) is 0 Å². The zero-order chi connectivity index (χ0) is 13.0. The smallest absolute Gasteiger partial charge is 0.320 e. The van der Waals surface area contributed by atoms with E-state index in [1.54, 1.807) is 0 Å². The van der Waals surface area contributed by atoms with E-state index < -0.39 is 12.0 Å². The second-order valence-corrected chi connectivity index (χ2v) is 3.50. The molecular weight excluding hydrogens is 226 g/mol. The first-order valence-corrected chi connectivity index (χ1v) is 4.91. The van der Waals surface area contributed by atoms with E-state index in [1.807, 2.05) is 0 Å². The van der Waals surface area contributed by atoms with E-state index >= 15 is 0 Å². The van der Waals surface area contributed by atoms with E-state index in [4.69, 9.17) is 20.3 Å². The number of hydrogen-bond acceptors (Lipinski definition) is 5. The topological polar surface area (TPSA) is 102 Å². The summed E-state index contributed by atoms with van der Waals surface area (Å²) in [5.74, 6) is -0.771. The van der Waals surface area contributed by atoms with Gasteiger partial charge in [-0.05, 0) is 24.1 Å². The van der Waals surface area contributed by atoms with Crippen molar-refractivity contribution >= 4 is 5.97 Å². The molecule has 0 aliphatic carbocycles. The third-order valence-corrected chi connectivity index (χ3v) is 2.31. The van der Waals surface area contributed by atoms with Gasteiger partial charge in [0, 0.05) is 0 Å². The monoisotopic (exact) mass is 241 g/mol. The molecule has 0 unspecified atom stereocenters. The quantitative estimate of drug-likeness (QED) is 0.688. The third kappa shape index (κ3) is 3.01. The number of aromatic hydroxyl groups is 1. The zero-order valence-corrected chi connectivity index (χ0v) is 9.64. The summed E-state index contributed by atoms with van der Waals surface area (Å²) in [6.45, 7) is 0. The van der Waals surface area contributed by atoms with Gasteiger partial charge in [0.25, 0.3) is 0 Å². The number of nitrogens with two attached hydrogens (primary N) is 1. The van der Waals surface area contributed by atoms with Crippen molar-refractivity contribution in [2.75, 3.05) is 14.2 Å². The van der Waals surface area contributed by atoms with Gasteiger partial charge in [0.05, 0.1) is 14.2 Å². The van der Waals surface area contributed by atoms with E-state index in [0.29, 0.717) is 5.56 Å². The van der Waals surface area contributed by atoms with E-state index in [0.717, 1.165) is 0 Å². The van der Waals surface area contributed by atoms with Gasteiger partial charge in [-0.2, -0.15) is 0 Å². The molecule has 1 aromatic rings. The maximum Gasteiger partial charge on any atom is 0.320 e. The number of benzene rings is 1. The summed E-state index contributed by atoms with van der Waals surface area (Å²) in [5, 5.41) is 18.4. The Hall–Kier alpha value is -1.95. The van der Waals surface area contributed by atoms with Gasteiger partial charge in [-0.1, -0.05) is 0 Å². The number of phenolic OH excluding ortho intramolecular Hbond substituents is 1. The second kappa shape index (κ2) is 5.40. The molecule has 6 nitrogen and oxygen atoms in total. The molecule has 0 fully saturated rings. The Morgan fingerprint density at radius 2 is 1.82 bits per heavy atom. The second-order valence-electron chi connectivity index (χ2n) is 3.50. The number of hydrogen-bond donors (Lipinski definition) is 3. The number of methoxy groups -OCH3 is 2. The van der Waals surface area contributed by atoms with Crippen molar-refractivity contribution in [2.45, 2.75) is 12.5 Å². The lowest BCUT2D eigenvalue weighted by atomic mass is 10.1. The van der Waals surface area contributed by atoms with Crippen LogP contribution in [0, 0.1) is 0 Å². The largest absolute Gasteiger partial charge is 0.502 e. The lowest BCUT2D eigenvalue weighted by Gasteiger charge is -2.12. The molecular formula is C11H15NO5. The Bertz CT molecular complexity index is 393. The number of aliphatic carboxylic acids is 1. The zero-order valence-electron chi connectivity index (χ0n) is 9.64. The van der Waals surface area contributed by atoms with Crippen LogP contribution in [0.5, 0.6) is 17.2 Å². The first-order chi connectivity index (χ1) is 7.99. The highest BCUT2D eigenvalue weighted by atomic mass is 16.5. The molecule has 1 aromatic carbocycles. The van der Waals surface area contributed by atoms with Crippen molar-refractivity contribution < 1.29 is 24.5 Å². The van der Waals surface area contributed by atoms with Gasteiger partial charge in [-0.25, -0.2) is 0 Å². The van der Waals surface area contributed by atoms with Crippen LogP contribution < -0.4 is 15.2 Å². The van der Waals surface area contributed by atoms with E-state index in [1.165, 1.54) is 26.4 Å². The minimum atomic E-state index is -1.09. The Morgan fingerprint density at radius 1 is 1.35 bits per heavy atom. The van der Waals surface area contributed by atoms with Crippen molar-refractivity contribution in [1.29, 1.82) is 0 Å². The van der Waals surface area contributed by atoms with Crippen LogP contribution in [0.3, 0.4) is 0 Å². The molecule has 0 bridgehead atoms. The van der Waals surface area contributed by atoms with Crippen LogP contribution in [-0.2, 0) is 11.2 Å². The Balaban J connectivity index is 3.05. The summed E-state index contributed by atoms with van der Waals surface area (Å²) >= 11 is 0. The van der Waals surface area contributed by atoms with Crippen molar-refractivity contribution in [3.05, 3.63) is 17.7 Å². The first-order valence-electron chi connectivity index (χ1n) is 4.91. The predicted octanol–water partition coefficient (Wildman–Crippen LogP) is 0.364. The van der Waals surface area contributed by atoms with Gasteiger partial charge >= 0.3 is 5.97 Å². The number of carboxylic acids is 1. The molecule has 1 rings (SSSR count). The summed E-state index contributed by atoms with van der Waals surface area (Å²) in [6, 6.07) is 2.05. The number of phenols is 1. The lowest BCUT2D eigenvalue weighted by molar-refractivity contribution is -0.138. The van der Waals surface area contributed by atoms with Gasteiger partial charge in [0.2, 0.25) is 5.75 Å². The maximum absolute atomic E-state index is 10.6. The molecule has 0 aliphatic rings. The Labute approximate surface area is 98.6 Å². The highest BCUT2D eigenvalue weighted by Gasteiger charge is 2.16. The highest BCUT2D eigenvalue weighted by molar-refractivity contribution is 5.73. The van der Waals surface area contributed by atoms with Crippen LogP contribution in [0.15, 0.2) is 12.1 Å². The molecule has 0 aromatic heterocycles. The van der Waals surface area contributed by atoms with E-state index in [-0.39, 0.29) is 23.7 Å². The number of carboxylic acid groups (broad SMARTS) is 1. The molecule has 1 atom stereocenters. The van der Waals surface area contributed by atoms with E-state index in [9.17, 15) is 9.90 Å². The molecule has 0 radical (unpaired) electrons. The predicted molar refractivity (Wildman–Crippen MR) is 60.5 cm³/mol. The molecule has 0 heterocycles. The van der Waals surface area contributed by atoms with Crippen LogP contribution >= 0.6 is 0 Å². The van der Waals surface area contributed by atoms with Gasteiger partial charge in [0.1, 0.15) is 6.04 Å². The fraction of sp³-hybridized carbons (Fsp3) is 0.364. The Kier molecular flexibility index (Phi) is 4.17. The molecule has 4 N–H and O–H groups in total. The highest BCUT2D eigenvalue weighted by Crippen LogP contribution is 2.37. The van der Waals surface area contributed by atoms with Crippen LogP contribution in [0.4, 0.5) is 0 Å². The molecule has 0 aliphatic heterocycles. The van der Waals surface area contributed by atoms with Gasteiger partial charge in [-0.15, -0.1) is 0 Å². The average Bonchev–Trinajstić information content (AvgIpc) is 2.30. The molecule has 94 valence electrons. The van der Waals surface area contributed by atoms with Crippen molar-refractivity contribution in [1.82, 2.24) is 0 Å². The molecule has 0 saturated heterocycles. The molecule has 6 heteroatoms. The van der Waals surface area contributed by atoms with Crippen LogP contribution in [0.25, 0.3) is 0 Å². The molecule has 0 saturated carbocycles. The normalized spacial score (nSPS) is 11.9. The van der Waals surface area contributed by atoms with Gasteiger partial charge in [0.15, 0.2) is 11.5 Å². The van der Waals surface area contributed by atoms with Crippen LogP contribution in [0.1, 0.15) is 5.56 Å². The average molecular weight is 241 g/mol.